The molecule has 1 atom stereocenters. The fourth-order valence-corrected chi connectivity index (χ4v) is 5.13. The molecule has 2 aromatic rings. The Labute approximate surface area is 170 Å². The van der Waals surface area contributed by atoms with Crippen molar-refractivity contribution in [3.8, 4) is 6.07 Å². The summed E-state index contributed by atoms with van der Waals surface area (Å²) in [6, 6.07) is 9.59. The van der Waals surface area contributed by atoms with Crippen molar-refractivity contribution in [3.63, 3.8) is 0 Å². The maximum atomic E-state index is 12.5. The highest BCUT2D eigenvalue weighted by atomic mass is 35.5. The number of amides is 1. The van der Waals surface area contributed by atoms with Crippen LogP contribution in [0, 0.1) is 22.7 Å². The van der Waals surface area contributed by atoms with Crippen LogP contribution in [0.1, 0.15) is 55.2 Å². The third-order valence-corrected chi connectivity index (χ3v) is 7.35. The first-order chi connectivity index (χ1) is 12.8. The van der Waals surface area contributed by atoms with E-state index >= 15 is 0 Å². The fraction of sp³-hybridized carbons (Fsp3) is 0.455. The fourth-order valence-electron chi connectivity index (χ4n) is 3.71. The average molecular weight is 401 g/mol. The molecule has 1 N–H and O–H groups in total. The van der Waals surface area contributed by atoms with Gasteiger partial charge in [0, 0.05) is 9.90 Å². The van der Waals surface area contributed by atoms with Gasteiger partial charge in [-0.15, -0.1) is 11.3 Å². The molecule has 0 unspecified atom stereocenters. The smallest absolute Gasteiger partial charge is 0.229 e. The van der Waals surface area contributed by atoms with Gasteiger partial charge in [-0.05, 0) is 53.9 Å². The number of hydrogen-bond acceptors (Lipinski definition) is 3. The number of anilines is 1. The van der Waals surface area contributed by atoms with Gasteiger partial charge >= 0.3 is 0 Å². The Hall–Kier alpha value is -1.83. The average Bonchev–Trinajstić information content (AvgIpc) is 2.99. The molecule has 0 saturated heterocycles. The molecule has 0 bridgehead atoms. The van der Waals surface area contributed by atoms with Crippen LogP contribution in [0.3, 0.4) is 0 Å². The number of nitrogens with zero attached hydrogens (tertiary/aromatic N) is 1. The third kappa shape index (κ3) is 4.36. The number of nitrogens with one attached hydrogen (secondary N) is 1. The van der Waals surface area contributed by atoms with E-state index in [2.05, 4.69) is 32.2 Å². The topological polar surface area (TPSA) is 52.9 Å². The summed E-state index contributed by atoms with van der Waals surface area (Å²) in [6.45, 7) is 6.90. The third-order valence-electron chi connectivity index (χ3n) is 5.92. The maximum absolute atomic E-state index is 12.5. The molecule has 0 radical (unpaired) electrons. The van der Waals surface area contributed by atoms with Crippen LogP contribution >= 0.6 is 22.9 Å². The monoisotopic (exact) mass is 400 g/mol. The number of hydrogen-bond donors (Lipinski definition) is 1. The van der Waals surface area contributed by atoms with E-state index in [9.17, 15) is 10.1 Å². The summed E-state index contributed by atoms with van der Waals surface area (Å²) in [4.78, 5) is 13.7. The second-order valence-electron chi connectivity index (χ2n) is 7.95. The van der Waals surface area contributed by atoms with Crippen LogP contribution in [0.2, 0.25) is 5.02 Å². The van der Waals surface area contributed by atoms with Gasteiger partial charge in [0.15, 0.2) is 0 Å². The number of benzene rings is 1. The Bertz CT molecular complexity index is 877. The number of rotatable bonds is 5. The summed E-state index contributed by atoms with van der Waals surface area (Å²) in [5, 5.41) is 14.0. The predicted octanol–water partition coefficient (Wildman–Crippen LogP) is 6.00. The van der Waals surface area contributed by atoms with Crippen molar-refractivity contribution in [3.05, 3.63) is 50.9 Å². The van der Waals surface area contributed by atoms with Crippen molar-refractivity contribution in [2.24, 2.45) is 11.3 Å². The van der Waals surface area contributed by atoms with Crippen molar-refractivity contribution in [1.82, 2.24) is 0 Å². The first-order valence-corrected chi connectivity index (χ1v) is 10.6. The van der Waals surface area contributed by atoms with Crippen LogP contribution < -0.4 is 5.32 Å². The highest BCUT2D eigenvalue weighted by molar-refractivity contribution is 7.16. The Morgan fingerprint density at radius 1 is 1.37 bits per heavy atom. The molecule has 5 heteroatoms. The van der Waals surface area contributed by atoms with Gasteiger partial charge in [-0.2, -0.15) is 5.26 Å². The van der Waals surface area contributed by atoms with Gasteiger partial charge in [-0.1, -0.05) is 50.9 Å². The molecule has 0 spiro atoms. The summed E-state index contributed by atoms with van der Waals surface area (Å²) < 4.78 is 0. The van der Waals surface area contributed by atoms with Crippen molar-refractivity contribution in [1.29, 1.82) is 5.26 Å². The first-order valence-electron chi connectivity index (χ1n) is 9.43. The zero-order chi connectivity index (χ0) is 19.6. The normalized spacial score (nSPS) is 16.5. The van der Waals surface area contributed by atoms with Crippen LogP contribution in [0.5, 0.6) is 0 Å². The van der Waals surface area contributed by atoms with Gasteiger partial charge in [0.05, 0.1) is 12.0 Å². The lowest BCUT2D eigenvalue weighted by molar-refractivity contribution is -0.115. The quantitative estimate of drug-likeness (QED) is 0.669. The van der Waals surface area contributed by atoms with Crippen molar-refractivity contribution in [2.45, 2.75) is 52.9 Å². The van der Waals surface area contributed by atoms with Crippen LogP contribution in [-0.4, -0.2) is 5.91 Å². The van der Waals surface area contributed by atoms with Crippen LogP contribution in [-0.2, 0) is 24.1 Å². The lowest BCUT2D eigenvalue weighted by Crippen LogP contribution is -2.28. The van der Waals surface area contributed by atoms with Gasteiger partial charge in [0.1, 0.15) is 11.1 Å². The van der Waals surface area contributed by atoms with Crippen molar-refractivity contribution >= 4 is 33.8 Å². The van der Waals surface area contributed by atoms with E-state index in [1.807, 2.05) is 12.1 Å². The molecule has 0 saturated carbocycles. The molecule has 142 valence electrons. The van der Waals surface area contributed by atoms with E-state index < -0.39 is 0 Å². The van der Waals surface area contributed by atoms with Gasteiger partial charge in [-0.25, -0.2) is 0 Å². The second kappa shape index (κ2) is 8.04. The Kier molecular flexibility index (Phi) is 5.93. The molecular formula is C22H25ClN2OS. The molecule has 27 heavy (non-hydrogen) atoms. The van der Waals surface area contributed by atoms with Gasteiger partial charge in [-0.3, -0.25) is 4.79 Å². The molecule has 0 aliphatic heterocycles. The number of carbonyl (C=O) groups excluding carboxylic acids is 1. The summed E-state index contributed by atoms with van der Waals surface area (Å²) in [6.07, 6.45) is 4.46. The van der Waals surface area contributed by atoms with Crippen LogP contribution in [0.25, 0.3) is 0 Å². The summed E-state index contributed by atoms with van der Waals surface area (Å²) in [5.41, 5.74) is 3.01. The number of nitriles is 1. The zero-order valence-corrected chi connectivity index (χ0v) is 17.6. The molecule has 3 rings (SSSR count). The Morgan fingerprint density at radius 3 is 2.70 bits per heavy atom. The lowest BCUT2D eigenvalue weighted by Gasteiger charge is -2.36. The largest absolute Gasteiger partial charge is 0.316 e. The number of carbonyl (C=O) groups is 1. The van der Waals surface area contributed by atoms with Crippen LogP contribution in [0.15, 0.2) is 24.3 Å². The second-order valence-corrected chi connectivity index (χ2v) is 9.49. The van der Waals surface area contributed by atoms with Gasteiger partial charge in [0.25, 0.3) is 0 Å². The minimum absolute atomic E-state index is 0.0992. The highest BCUT2D eigenvalue weighted by Gasteiger charge is 2.34. The number of fused-ring (bicyclic) bond motifs is 1. The number of halogens is 1. The number of thiophene rings is 1. The molecule has 1 aromatic heterocycles. The zero-order valence-electron chi connectivity index (χ0n) is 16.1. The molecular weight excluding hydrogens is 376 g/mol. The summed E-state index contributed by atoms with van der Waals surface area (Å²) in [7, 11) is 0. The molecule has 1 amide bonds. The highest BCUT2D eigenvalue weighted by Crippen LogP contribution is 2.45. The molecule has 1 heterocycles. The minimum Gasteiger partial charge on any atom is -0.316 e. The molecule has 0 fully saturated rings. The Morgan fingerprint density at radius 2 is 2.07 bits per heavy atom. The van der Waals surface area contributed by atoms with Gasteiger partial charge in [0.2, 0.25) is 5.91 Å². The van der Waals surface area contributed by atoms with E-state index in [4.69, 9.17) is 11.6 Å². The van der Waals surface area contributed by atoms with E-state index in [1.165, 1.54) is 4.88 Å². The molecule has 1 aromatic carbocycles. The molecule has 1 aliphatic rings. The molecule has 1 aliphatic carbocycles. The summed E-state index contributed by atoms with van der Waals surface area (Å²) >= 11 is 7.48. The van der Waals surface area contributed by atoms with Crippen LogP contribution in [0.4, 0.5) is 5.00 Å². The van der Waals surface area contributed by atoms with E-state index in [0.29, 0.717) is 26.9 Å². The van der Waals surface area contributed by atoms with E-state index in [1.54, 1.807) is 23.5 Å². The standard InChI is InChI=1S/C22H25ClN2OS/c1-4-22(2,3)15-7-10-17-18(13-24)21(27-19(17)12-15)25-20(26)11-14-5-8-16(23)9-6-14/h5-6,8-9,15H,4,7,10-12H2,1-3H3,(H,25,26)/t15-/m1/s1. The lowest BCUT2D eigenvalue weighted by atomic mass is 9.69. The minimum atomic E-state index is -0.0992. The summed E-state index contributed by atoms with van der Waals surface area (Å²) in [5.74, 6) is 0.524. The SMILES string of the molecule is CCC(C)(C)[C@@H]1CCc2c(sc(NC(=O)Cc3ccc(Cl)cc3)c2C#N)C1. The first kappa shape index (κ1) is 19.9. The van der Waals surface area contributed by atoms with Crippen molar-refractivity contribution < 1.29 is 4.79 Å². The maximum Gasteiger partial charge on any atom is 0.229 e. The van der Waals surface area contributed by atoms with E-state index in [0.717, 1.165) is 36.8 Å². The predicted molar refractivity (Wildman–Crippen MR) is 112 cm³/mol. The van der Waals surface area contributed by atoms with E-state index in [-0.39, 0.29) is 12.3 Å². The Balaban J connectivity index is 1.76. The molecule has 3 nitrogen and oxygen atoms in total. The van der Waals surface area contributed by atoms with Gasteiger partial charge < -0.3 is 5.32 Å². The van der Waals surface area contributed by atoms with Crippen molar-refractivity contribution in [2.75, 3.05) is 5.32 Å².